The van der Waals surface area contributed by atoms with E-state index in [1.165, 1.54) is 12.1 Å². The van der Waals surface area contributed by atoms with Gasteiger partial charge in [0.1, 0.15) is 11.4 Å². The van der Waals surface area contributed by atoms with Crippen LogP contribution in [0.2, 0.25) is 0 Å². The van der Waals surface area contributed by atoms with Gasteiger partial charge >= 0.3 is 0 Å². The standard InChI is InChI=1S/C22H20N2O3/c25-18-8-5-16(6-9-18)21(26)17-11-13-24(14-12-17)22(27)20-10-7-15-3-1-2-4-19(15)23-20/h1-10,17,25H,11-14H2. The molecule has 0 bridgehead atoms. The second-order valence-corrected chi connectivity index (χ2v) is 6.87. The van der Waals surface area contributed by atoms with Crippen molar-refractivity contribution < 1.29 is 14.7 Å². The Hall–Kier alpha value is -3.21. The van der Waals surface area contributed by atoms with Gasteiger partial charge in [-0.2, -0.15) is 0 Å². The van der Waals surface area contributed by atoms with Gasteiger partial charge in [-0.05, 0) is 49.2 Å². The van der Waals surface area contributed by atoms with E-state index >= 15 is 0 Å². The van der Waals surface area contributed by atoms with Crippen molar-refractivity contribution in [1.82, 2.24) is 9.88 Å². The maximum atomic E-state index is 12.8. The topological polar surface area (TPSA) is 70.5 Å². The van der Waals surface area contributed by atoms with Crippen LogP contribution < -0.4 is 0 Å². The van der Waals surface area contributed by atoms with Crippen molar-refractivity contribution in [3.8, 4) is 5.75 Å². The molecular formula is C22H20N2O3. The Morgan fingerprint density at radius 1 is 0.926 bits per heavy atom. The number of hydrogen-bond donors (Lipinski definition) is 1. The number of likely N-dealkylation sites (tertiary alicyclic amines) is 1. The smallest absolute Gasteiger partial charge is 0.272 e. The molecule has 27 heavy (non-hydrogen) atoms. The number of phenols is 1. The molecule has 0 unspecified atom stereocenters. The lowest BCUT2D eigenvalue weighted by Gasteiger charge is -2.31. The molecule has 136 valence electrons. The molecule has 1 N–H and O–H groups in total. The summed E-state index contributed by atoms with van der Waals surface area (Å²) in [6.45, 7) is 1.09. The molecule has 0 spiro atoms. The van der Waals surface area contributed by atoms with Gasteiger partial charge in [-0.3, -0.25) is 9.59 Å². The molecule has 3 aromatic rings. The van der Waals surface area contributed by atoms with Gasteiger partial charge in [0.25, 0.3) is 5.91 Å². The molecule has 1 amide bonds. The van der Waals surface area contributed by atoms with E-state index in [-0.39, 0.29) is 23.4 Å². The zero-order valence-electron chi connectivity index (χ0n) is 14.8. The fourth-order valence-electron chi connectivity index (χ4n) is 3.55. The lowest BCUT2D eigenvalue weighted by Crippen LogP contribution is -2.40. The highest BCUT2D eigenvalue weighted by Crippen LogP contribution is 2.24. The second-order valence-electron chi connectivity index (χ2n) is 6.87. The third kappa shape index (κ3) is 3.53. The summed E-state index contributed by atoms with van der Waals surface area (Å²) in [4.78, 5) is 31.6. The number of para-hydroxylation sites is 1. The van der Waals surface area contributed by atoms with Crippen LogP contribution in [-0.4, -0.2) is 39.8 Å². The van der Waals surface area contributed by atoms with Gasteiger partial charge in [0, 0.05) is 30.0 Å². The maximum absolute atomic E-state index is 12.8. The molecule has 2 heterocycles. The van der Waals surface area contributed by atoms with Crippen LogP contribution in [0, 0.1) is 5.92 Å². The molecule has 2 aromatic carbocycles. The van der Waals surface area contributed by atoms with Crippen molar-refractivity contribution in [2.24, 2.45) is 5.92 Å². The number of carbonyl (C=O) groups is 2. The number of Topliss-reactive ketones (excluding diaryl/α,β-unsaturated/α-hetero) is 1. The molecule has 0 atom stereocenters. The molecule has 0 saturated carbocycles. The summed E-state index contributed by atoms with van der Waals surface area (Å²) in [7, 11) is 0. The van der Waals surface area contributed by atoms with Gasteiger partial charge in [-0.15, -0.1) is 0 Å². The summed E-state index contributed by atoms with van der Waals surface area (Å²) in [5.74, 6) is 0.0419. The largest absolute Gasteiger partial charge is 0.508 e. The Labute approximate surface area is 157 Å². The number of amides is 1. The molecule has 1 aliphatic rings. The molecule has 0 radical (unpaired) electrons. The van der Waals surface area contributed by atoms with E-state index in [4.69, 9.17) is 0 Å². The van der Waals surface area contributed by atoms with E-state index < -0.39 is 0 Å². The van der Waals surface area contributed by atoms with Gasteiger partial charge in [0.05, 0.1) is 5.52 Å². The van der Waals surface area contributed by atoms with Crippen LogP contribution in [0.1, 0.15) is 33.7 Å². The first-order chi connectivity index (χ1) is 13.1. The SMILES string of the molecule is O=C(c1ccc(O)cc1)C1CCN(C(=O)c2ccc3ccccc3n2)CC1. The summed E-state index contributed by atoms with van der Waals surface area (Å²) in [6, 6.07) is 17.7. The van der Waals surface area contributed by atoms with E-state index in [9.17, 15) is 14.7 Å². The van der Waals surface area contributed by atoms with Crippen molar-refractivity contribution >= 4 is 22.6 Å². The van der Waals surface area contributed by atoms with Crippen molar-refractivity contribution in [3.63, 3.8) is 0 Å². The van der Waals surface area contributed by atoms with Crippen LogP contribution in [-0.2, 0) is 0 Å². The molecule has 5 nitrogen and oxygen atoms in total. The average Bonchev–Trinajstić information content (AvgIpc) is 2.73. The fourth-order valence-corrected chi connectivity index (χ4v) is 3.55. The summed E-state index contributed by atoms with van der Waals surface area (Å²) >= 11 is 0. The number of nitrogens with zero attached hydrogens (tertiary/aromatic N) is 2. The highest BCUT2D eigenvalue weighted by Gasteiger charge is 2.28. The van der Waals surface area contributed by atoms with E-state index in [1.807, 2.05) is 30.3 Å². The second kappa shape index (κ2) is 7.19. The molecule has 0 aliphatic carbocycles. The highest BCUT2D eigenvalue weighted by atomic mass is 16.3. The molecule has 1 saturated heterocycles. The number of benzene rings is 2. The predicted octanol–water partition coefficient (Wildman–Crippen LogP) is 3.68. The molecule has 5 heteroatoms. The molecule has 4 rings (SSSR count). The number of hydrogen-bond acceptors (Lipinski definition) is 4. The van der Waals surface area contributed by atoms with Crippen LogP contribution in [0.25, 0.3) is 10.9 Å². The van der Waals surface area contributed by atoms with Crippen molar-refractivity contribution in [2.45, 2.75) is 12.8 Å². The number of pyridine rings is 1. The lowest BCUT2D eigenvalue weighted by molar-refractivity contribution is 0.0646. The minimum Gasteiger partial charge on any atom is -0.508 e. The number of carbonyl (C=O) groups excluding carboxylic acids is 2. The quantitative estimate of drug-likeness (QED) is 0.724. The number of piperidine rings is 1. The van der Waals surface area contributed by atoms with Crippen LogP contribution in [0.5, 0.6) is 5.75 Å². The number of rotatable bonds is 3. The Morgan fingerprint density at radius 2 is 1.63 bits per heavy atom. The Morgan fingerprint density at radius 3 is 2.37 bits per heavy atom. The first-order valence-corrected chi connectivity index (χ1v) is 9.10. The third-order valence-electron chi connectivity index (χ3n) is 5.12. The van der Waals surface area contributed by atoms with E-state index in [0.717, 1.165) is 10.9 Å². The predicted molar refractivity (Wildman–Crippen MR) is 103 cm³/mol. The Kier molecular flexibility index (Phi) is 4.59. The summed E-state index contributed by atoms with van der Waals surface area (Å²) in [5, 5.41) is 10.4. The third-order valence-corrected chi connectivity index (χ3v) is 5.12. The fraction of sp³-hybridized carbons (Fsp3) is 0.227. The van der Waals surface area contributed by atoms with Gasteiger partial charge in [0.15, 0.2) is 5.78 Å². The zero-order chi connectivity index (χ0) is 18.8. The average molecular weight is 360 g/mol. The highest BCUT2D eigenvalue weighted by molar-refractivity contribution is 5.98. The first-order valence-electron chi connectivity index (χ1n) is 9.10. The monoisotopic (exact) mass is 360 g/mol. The lowest BCUT2D eigenvalue weighted by atomic mass is 9.88. The molecule has 1 fully saturated rings. The van der Waals surface area contributed by atoms with E-state index in [0.29, 0.717) is 37.2 Å². The van der Waals surface area contributed by atoms with E-state index in [1.54, 1.807) is 23.1 Å². The zero-order valence-corrected chi connectivity index (χ0v) is 14.8. The molecule has 1 aliphatic heterocycles. The Bertz CT molecular complexity index is 990. The van der Waals surface area contributed by atoms with Gasteiger partial charge in [0.2, 0.25) is 0 Å². The number of aromatic nitrogens is 1. The van der Waals surface area contributed by atoms with Crippen LogP contribution in [0.3, 0.4) is 0 Å². The maximum Gasteiger partial charge on any atom is 0.272 e. The van der Waals surface area contributed by atoms with Crippen molar-refractivity contribution in [3.05, 3.63) is 71.9 Å². The summed E-state index contributed by atoms with van der Waals surface area (Å²) < 4.78 is 0. The Balaban J connectivity index is 1.42. The summed E-state index contributed by atoms with van der Waals surface area (Å²) in [6.07, 6.45) is 1.28. The number of phenolic OH excluding ortho intramolecular Hbond substituents is 1. The van der Waals surface area contributed by atoms with E-state index in [2.05, 4.69) is 4.98 Å². The number of aromatic hydroxyl groups is 1. The number of fused-ring (bicyclic) bond motifs is 1. The van der Waals surface area contributed by atoms with Gasteiger partial charge in [-0.25, -0.2) is 4.98 Å². The number of ketones is 1. The van der Waals surface area contributed by atoms with Crippen LogP contribution in [0.4, 0.5) is 0 Å². The minimum absolute atomic E-state index is 0.0749. The van der Waals surface area contributed by atoms with Crippen molar-refractivity contribution in [2.75, 3.05) is 13.1 Å². The van der Waals surface area contributed by atoms with Crippen molar-refractivity contribution in [1.29, 1.82) is 0 Å². The van der Waals surface area contributed by atoms with Gasteiger partial charge in [-0.1, -0.05) is 24.3 Å². The van der Waals surface area contributed by atoms with Crippen LogP contribution in [0.15, 0.2) is 60.7 Å². The first kappa shape index (κ1) is 17.2. The molecular weight excluding hydrogens is 340 g/mol. The van der Waals surface area contributed by atoms with Gasteiger partial charge < -0.3 is 10.0 Å². The van der Waals surface area contributed by atoms with Crippen LogP contribution >= 0.6 is 0 Å². The minimum atomic E-state index is -0.0943. The summed E-state index contributed by atoms with van der Waals surface area (Å²) in [5.41, 5.74) is 1.85. The molecule has 1 aromatic heterocycles. The normalized spacial score (nSPS) is 15.0.